The Balaban J connectivity index is 1.88. The van der Waals surface area contributed by atoms with E-state index in [1.54, 1.807) is 12.1 Å². The molecule has 0 radical (unpaired) electrons. The van der Waals surface area contributed by atoms with Crippen molar-refractivity contribution in [1.82, 2.24) is 15.5 Å². The number of nitrogens with one attached hydrogen (secondary N) is 2. The summed E-state index contributed by atoms with van der Waals surface area (Å²) in [4.78, 5) is 14.1. The van der Waals surface area contributed by atoms with Crippen molar-refractivity contribution in [2.45, 2.75) is 25.0 Å². The van der Waals surface area contributed by atoms with Crippen molar-refractivity contribution in [2.24, 2.45) is 0 Å². The van der Waals surface area contributed by atoms with Crippen LogP contribution in [0.1, 0.15) is 12.0 Å². The second-order valence-electron chi connectivity index (χ2n) is 5.24. The summed E-state index contributed by atoms with van der Waals surface area (Å²) < 4.78 is 13.7. The first kappa shape index (κ1) is 15.2. The van der Waals surface area contributed by atoms with Gasteiger partial charge < -0.3 is 15.5 Å². The Labute approximate surface area is 123 Å². The van der Waals surface area contributed by atoms with Gasteiger partial charge in [0.1, 0.15) is 5.82 Å². The van der Waals surface area contributed by atoms with Crippen LogP contribution < -0.4 is 10.6 Å². The molecule has 0 unspecified atom stereocenters. The van der Waals surface area contributed by atoms with Gasteiger partial charge in [-0.1, -0.05) is 23.7 Å². The fourth-order valence-corrected chi connectivity index (χ4v) is 2.49. The van der Waals surface area contributed by atoms with Crippen molar-refractivity contribution < 1.29 is 9.18 Å². The topological polar surface area (TPSA) is 44.4 Å². The zero-order valence-electron chi connectivity index (χ0n) is 11.6. The smallest absolute Gasteiger partial charge is 0.237 e. The highest BCUT2D eigenvalue weighted by atomic mass is 35.5. The largest absolute Gasteiger partial charge is 0.351 e. The second-order valence-corrected chi connectivity index (χ2v) is 5.65. The van der Waals surface area contributed by atoms with Crippen molar-refractivity contribution in [3.63, 3.8) is 0 Å². The van der Waals surface area contributed by atoms with E-state index < -0.39 is 5.82 Å². The SMILES string of the molecule is CN(C)[C@@H]1CN[C@H](C(=O)NCc2cccc(Cl)c2F)C1. The summed E-state index contributed by atoms with van der Waals surface area (Å²) in [6.45, 7) is 0.937. The van der Waals surface area contributed by atoms with Crippen molar-refractivity contribution in [2.75, 3.05) is 20.6 Å². The molecule has 1 aromatic rings. The first-order valence-corrected chi connectivity index (χ1v) is 6.97. The minimum absolute atomic E-state index is 0.0726. The van der Waals surface area contributed by atoms with Gasteiger partial charge in [0, 0.05) is 24.7 Å². The van der Waals surface area contributed by atoms with Crippen LogP contribution in [-0.2, 0) is 11.3 Å². The first-order valence-electron chi connectivity index (χ1n) is 6.59. The number of amides is 1. The minimum Gasteiger partial charge on any atom is -0.351 e. The molecule has 0 bridgehead atoms. The Morgan fingerprint density at radius 2 is 2.30 bits per heavy atom. The average molecular weight is 300 g/mol. The van der Waals surface area contributed by atoms with Crippen LogP contribution in [0, 0.1) is 5.82 Å². The third kappa shape index (κ3) is 3.48. The van der Waals surface area contributed by atoms with Crippen LogP contribution in [0.15, 0.2) is 18.2 Å². The summed E-state index contributed by atoms with van der Waals surface area (Å²) in [7, 11) is 3.99. The molecule has 4 nitrogen and oxygen atoms in total. The number of hydrogen-bond acceptors (Lipinski definition) is 3. The van der Waals surface area contributed by atoms with E-state index in [2.05, 4.69) is 15.5 Å². The van der Waals surface area contributed by atoms with Gasteiger partial charge in [-0.05, 0) is 26.6 Å². The van der Waals surface area contributed by atoms with Gasteiger partial charge in [0.25, 0.3) is 0 Å². The molecule has 0 aromatic heterocycles. The number of nitrogens with zero attached hydrogens (tertiary/aromatic N) is 1. The molecule has 1 aliphatic rings. The third-order valence-electron chi connectivity index (χ3n) is 3.64. The maximum atomic E-state index is 13.7. The molecule has 0 spiro atoms. The lowest BCUT2D eigenvalue weighted by Crippen LogP contribution is -2.40. The quantitative estimate of drug-likeness (QED) is 0.883. The lowest BCUT2D eigenvalue weighted by Gasteiger charge is -2.17. The molecular weight excluding hydrogens is 281 g/mol. The lowest BCUT2D eigenvalue weighted by atomic mass is 10.1. The van der Waals surface area contributed by atoms with Crippen LogP contribution >= 0.6 is 11.6 Å². The van der Waals surface area contributed by atoms with Crippen LogP contribution in [0.4, 0.5) is 4.39 Å². The molecule has 2 atom stereocenters. The molecular formula is C14H19ClFN3O. The van der Waals surface area contributed by atoms with Gasteiger partial charge in [-0.25, -0.2) is 4.39 Å². The lowest BCUT2D eigenvalue weighted by molar-refractivity contribution is -0.123. The summed E-state index contributed by atoms with van der Waals surface area (Å²) in [6.07, 6.45) is 0.761. The number of halogens is 2. The molecule has 1 aliphatic heterocycles. The molecule has 110 valence electrons. The third-order valence-corrected chi connectivity index (χ3v) is 3.93. The van der Waals surface area contributed by atoms with E-state index in [1.807, 2.05) is 14.1 Å². The molecule has 6 heteroatoms. The molecule has 1 fully saturated rings. The molecule has 1 heterocycles. The van der Waals surface area contributed by atoms with E-state index in [0.29, 0.717) is 11.6 Å². The van der Waals surface area contributed by atoms with Gasteiger partial charge >= 0.3 is 0 Å². The predicted octanol–water partition coefficient (Wildman–Crippen LogP) is 1.39. The van der Waals surface area contributed by atoms with Crippen LogP contribution in [-0.4, -0.2) is 43.5 Å². The predicted molar refractivity (Wildman–Crippen MR) is 77.1 cm³/mol. The van der Waals surface area contributed by atoms with Crippen LogP contribution in [0.25, 0.3) is 0 Å². The van der Waals surface area contributed by atoms with Crippen LogP contribution in [0.5, 0.6) is 0 Å². The average Bonchev–Trinajstić information content (AvgIpc) is 2.90. The molecule has 2 rings (SSSR count). The van der Waals surface area contributed by atoms with Crippen molar-refractivity contribution in [3.05, 3.63) is 34.6 Å². The Hall–Kier alpha value is -1.17. The maximum Gasteiger partial charge on any atom is 0.237 e. The number of rotatable bonds is 4. The number of likely N-dealkylation sites (N-methyl/N-ethyl adjacent to an activating group) is 1. The van der Waals surface area contributed by atoms with Gasteiger partial charge in [0.2, 0.25) is 5.91 Å². The molecule has 20 heavy (non-hydrogen) atoms. The molecule has 2 N–H and O–H groups in total. The molecule has 1 aromatic carbocycles. The Morgan fingerprint density at radius 3 is 2.95 bits per heavy atom. The van der Waals surface area contributed by atoms with Crippen LogP contribution in [0.3, 0.4) is 0 Å². The Kier molecular flexibility index (Phi) is 4.96. The molecule has 0 saturated carbocycles. The fourth-order valence-electron chi connectivity index (χ4n) is 2.30. The normalized spacial score (nSPS) is 22.2. The second kappa shape index (κ2) is 6.52. The summed E-state index contributed by atoms with van der Waals surface area (Å²) in [5.41, 5.74) is 0.396. The minimum atomic E-state index is -0.472. The van der Waals surface area contributed by atoms with Crippen molar-refractivity contribution in [3.8, 4) is 0 Å². The van der Waals surface area contributed by atoms with E-state index >= 15 is 0 Å². The summed E-state index contributed by atoms with van der Waals surface area (Å²) in [6, 6.07) is 4.91. The van der Waals surface area contributed by atoms with Crippen LogP contribution in [0.2, 0.25) is 5.02 Å². The standard InChI is InChI=1S/C14H19ClFN3O/c1-19(2)10-6-12(17-8-10)14(20)18-7-9-4-3-5-11(15)13(9)16/h3-5,10,12,17H,6-8H2,1-2H3,(H,18,20)/t10-,12-/m0/s1. The first-order chi connectivity index (χ1) is 9.49. The number of benzene rings is 1. The highest BCUT2D eigenvalue weighted by molar-refractivity contribution is 6.30. The highest BCUT2D eigenvalue weighted by Gasteiger charge is 2.30. The molecule has 1 amide bonds. The summed E-state index contributed by atoms with van der Waals surface area (Å²) >= 11 is 5.70. The molecule has 0 aliphatic carbocycles. The highest BCUT2D eigenvalue weighted by Crippen LogP contribution is 2.18. The number of hydrogen-bond donors (Lipinski definition) is 2. The maximum absolute atomic E-state index is 13.7. The van der Waals surface area contributed by atoms with Gasteiger partial charge in [-0.15, -0.1) is 0 Å². The monoisotopic (exact) mass is 299 g/mol. The summed E-state index contributed by atoms with van der Waals surface area (Å²) in [5, 5.41) is 6.00. The summed E-state index contributed by atoms with van der Waals surface area (Å²) in [5.74, 6) is -0.575. The van der Waals surface area contributed by atoms with Crippen molar-refractivity contribution >= 4 is 17.5 Å². The van der Waals surface area contributed by atoms with E-state index in [0.717, 1.165) is 13.0 Å². The fraction of sp³-hybridized carbons (Fsp3) is 0.500. The van der Waals surface area contributed by atoms with Gasteiger partial charge in [-0.3, -0.25) is 4.79 Å². The van der Waals surface area contributed by atoms with Gasteiger partial charge in [-0.2, -0.15) is 0 Å². The van der Waals surface area contributed by atoms with E-state index in [1.165, 1.54) is 6.07 Å². The van der Waals surface area contributed by atoms with Gasteiger partial charge in [0.05, 0.1) is 11.1 Å². The van der Waals surface area contributed by atoms with E-state index in [4.69, 9.17) is 11.6 Å². The number of carbonyl (C=O) groups excluding carboxylic acids is 1. The van der Waals surface area contributed by atoms with E-state index in [9.17, 15) is 9.18 Å². The number of carbonyl (C=O) groups is 1. The van der Waals surface area contributed by atoms with E-state index in [-0.39, 0.29) is 23.5 Å². The van der Waals surface area contributed by atoms with Crippen molar-refractivity contribution in [1.29, 1.82) is 0 Å². The zero-order valence-corrected chi connectivity index (χ0v) is 12.4. The van der Waals surface area contributed by atoms with Gasteiger partial charge in [0.15, 0.2) is 0 Å². The Morgan fingerprint density at radius 1 is 1.55 bits per heavy atom. The Bertz CT molecular complexity index is 495. The zero-order chi connectivity index (χ0) is 14.7. The molecule has 1 saturated heterocycles.